The third kappa shape index (κ3) is 2.40. The molecule has 1 aliphatic carbocycles. The van der Waals surface area contributed by atoms with Crippen LogP contribution in [-0.4, -0.2) is 10.9 Å². The van der Waals surface area contributed by atoms with Crippen molar-refractivity contribution >= 4 is 11.6 Å². The molecule has 1 amide bonds. The van der Waals surface area contributed by atoms with Gasteiger partial charge >= 0.3 is 0 Å². The third-order valence-electron chi connectivity index (χ3n) is 3.04. The van der Waals surface area contributed by atoms with Crippen LogP contribution in [0.2, 0.25) is 0 Å². The van der Waals surface area contributed by atoms with E-state index in [-0.39, 0.29) is 11.8 Å². The minimum Gasteiger partial charge on any atom is -0.326 e. The lowest BCUT2D eigenvalue weighted by Crippen LogP contribution is -2.13. The molecule has 0 radical (unpaired) electrons. The number of carbonyl (C=O) groups excluding carboxylic acids is 1. The monoisotopic (exact) mass is 238 g/mol. The molecule has 1 heterocycles. The van der Waals surface area contributed by atoms with Crippen molar-refractivity contribution in [2.24, 2.45) is 5.92 Å². The van der Waals surface area contributed by atoms with Gasteiger partial charge in [-0.15, -0.1) is 0 Å². The fourth-order valence-corrected chi connectivity index (χ4v) is 1.88. The fraction of sp³-hybridized carbons (Fsp3) is 0.200. The van der Waals surface area contributed by atoms with Crippen molar-refractivity contribution in [2.75, 3.05) is 5.32 Å². The average Bonchev–Trinajstić information content (AvgIpc) is 3.24. The van der Waals surface area contributed by atoms with Gasteiger partial charge in [0.15, 0.2) is 0 Å². The number of rotatable bonds is 3. The molecular weight excluding hydrogens is 224 g/mol. The first kappa shape index (κ1) is 11.0. The van der Waals surface area contributed by atoms with Crippen molar-refractivity contribution in [3.05, 3.63) is 48.7 Å². The molecule has 0 spiro atoms. The van der Waals surface area contributed by atoms with Crippen LogP contribution in [0.25, 0.3) is 11.3 Å². The van der Waals surface area contributed by atoms with Gasteiger partial charge in [-0.3, -0.25) is 9.78 Å². The van der Waals surface area contributed by atoms with E-state index in [0.717, 1.165) is 29.8 Å². The molecule has 0 saturated heterocycles. The lowest BCUT2D eigenvalue weighted by atomic mass is 10.1. The predicted octanol–water partition coefficient (Wildman–Crippen LogP) is 3.10. The minimum atomic E-state index is 0.133. The summed E-state index contributed by atoms with van der Waals surface area (Å²) in [7, 11) is 0. The normalized spacial score (nSPS) is 14.2. The van der Waals surface area contributed by atoms with Crippen LogP contribution < -0.4 is 5.32 Å². The Bertz CT molecular complexity index is 562. The highest BCUT2D eigenvalue weighted by atomic mass is 16.2. The van der Waals surface area contributed by atoms with E-state index in [4.69, 9.17) is 0 Å². The van der Waals surface area contributed by atoms with Crippen molar-refractivity contribution < 1.29 is 4.79 Å². The number of anilines is 1. The van der Waals surface area contributed by atoms with Gasteiger partial charge in [-0.25, -0.2) is 0 Å². The quantitative estimate of drug-likeness (QED) is 0.892. The van der Waals surface area contributed by atoms with Gasteiger partial charge in [0.05, 0.1) is 5.69 Å². The van der Waals surface area contributed by atoms with Gasteiger partial charge < -0.3 is 5.32 Å². The standard InChI is InChI=1S/C15H14N2O/c18-15(11-7-8-11)17-13-5-3-4-12(10-13)14-6-1-2-9-16-14/h1-6,9-11H,7-8H2,(H,17,18). The molecule has 1 fully saturated rings. The third-order valence-corrected chi connectivity index (χ3v) is 3.04. The Morgan fingerprint density at radius 2 is 2.06 bits per heavy atom. The number of nitrogens with one attached hydrogen (secondary N) is 1. The number of nitrogens with zero attached hydrogens (tertiary/aromatic N) is 1. The van der Waals surface area contributed by atoms with Crippen molar-refractivity contribution in [2.45, 2.75) is 12.8 Å². The van der Waals surface area contributed by atoms with Crippen molar-refractivity contribution in [3.63, 3.8) is 0 Å². The molecule has 18 heavy (non-hydrogen) atoms. The van der Waals surface area contributed by atoms with Crippen LogP contribution in [0, 0.1) is 5.92 Å². The fourth-order valence-electron chi connectivity index (χ4n) is 1.88. The molecule has 1 aliphatic rings. The van der Waals surface area contributed by atoms with Crippen LogP contribution >= 0.6 is 0 Å². The second-order valence-electron chi connectivity index (χ2n) is 4.56. The lowest BCUT2D eigenvalue weighted by Gasteiger charge is -2.06. The molecule has 0 aliphatic heterocycles. The highest BCUT2D eigenvalue weighted by molar-refractivity contribution is 5.94. The number of benzene rings is 1. The van der Waals surface area contributed by atoms with Gasteiger partial charge in [0.25, 0.3) is 0 Å². The largest absolute Gasteiger partial charge is 0.326 e. The summed E-state index contributed by atoms with van der Waals surface area (Å²) in [5.41, 5.74) is 2.78. The van der Waals surface area contributed by atoms with Gasteiger partial charge in [0, 0.05) is 23.4 Å². The zero-order valence-corrected chi connectivity index (χ0v) is 9.97. The highest BCUT2D eigenvalue weighted by Gasteiger charge is 2.29. The van der Waals surface area contributed by atoms with Gasteiger partial charge in [0.1, 0.15) is 0 Å². The smallest absolute Gasteiger partial charge is 0.227 e. The molecule has 3 heteroatoms. The molecule has 3 rings (SSSR count). The summed E-state index contributed by atoms with van der Waals surface area (Å²) in [6.07, 6.45) is 3.81. The van der Waals surface area contributed by atoms with Crippen molar-refractivity contribution in [1.29, 1.82) is 0 Å². The van der Waals surface area contributed by atoms with E-state index in [1.807, 2.05) is 42.5 Å². The van der Waals surface area contributed by atoms with Gasteiger partial charge in [-0.05, 0) is 37.1 Å². The van der Waals surface area contributed by atoms with Gasteiger partial charge in [-0.2, -0.15) is 0 Å². The minimum absolute atomic E-state index is 0.133. The molecule has 3 nitrogen and oxygen atoms in total. The van der Waals surface area contributed by atoms with Crippen LogP contribution in [-0.2, 0) is 4.79 Å². The van der Waals surface area contributed by atoms with E-state index in [1.54, 1.807) is 6.20 Å². The molecule has 1 saturated carbocycles. The first-order valence-electron chi connectivity index (χ1n) is 6.15. The summed E-state index contributed by atoms with van der Waals surface area (Å²) in [5.74, 6) is 0.358. The number of hydrogen-bond donors (Lipinski definition) is 1. The van der Waals surface area contributed by atoms with Gasteiger partial charge in [0.2, 0.25) is 5.91 Å². The van der Waals surface area contributed by atoms with E-state index >= 15 is 0 Å². The molecule has 0 atom stereocenters. The van der Waals surface area contributed by atoms with E-state index in [2.05, 4.69) is 10.3 Å². The molecule has 1 aromatic heterocycles. The van der Waals surface area contributed by atoms with Crippen molar-refractivity contribution in [3.8, 4) is 11.3 Å². The summed E-state index contributed by atoms with van der Waals surface area (Å²) < 4.78 is 0. The Hall–Kier alpha value is -2.16. The van der Waals surface area contributed by atoms with E-state index in [1.165, 1.54) is 0 Å². The Morgan fingerprint density at radius 3 is 2.78 bits per heavy atom. The average molecular weight is 238 g/mol. The molecule has 1 aromatic carbocycles. The zero-order chi connectivity index (χ0) is 12.4. The number of pyridine rings is 1. The van der Waals surface area contributed by atoms with Crippen LogP contribution in [0.1, 0.15) is 12.8 Å². The van der Waals surface area contributed by atoms with E-state index in [0.29, 0.717) is 0 Å². The van der Waals surface area contributed by atoms with Crippen LogP contribution in [0.15, 0.2) is 48.7 Å². The number of carbonyl (C=O) groups is 1. The highest BCUT2D eigenvalue weighted by Crippen LogP contribution is 2.30. The number of hydrogen-bond acceptors (Lipinski definition) is 2. The first-order valence-corrected chi connectivity index (χ1v) is 6.15. The Kier molecular flexibility index (Phi) is 2.81. The maximum atomic E-state index is 11.7. The molecule has 2 aromatic rings. The zero-order valence-electron chi connectivity index (χ0n) is 9.97. The topological polar surface area (TPSA) is 42.0 Å². The maximum Gasteiger partial charge on any atom is 0.227 e. The van der Waals surface area contributed by atoms with Crippen LogP contribution in [0.3, 0.4) is 0 Å². The summed E-state index contributed by atoms with van der Waals surface area (Å²) >= 11 is 0. The first-order chi connectivity index (χ1) is 8.83. The summed E-state index contributed by atoms with van der Waals surface area (Å²) in [6, 6.07) is 13.6. The summed E-state index contributed by atoms with van der Waals surface area (Å²) in [6.45, 7) is 0. The van der Waals surface area contributed by atoms with Crippen molar-refractivity contribution in [1.82, 2.24) is 4.98 Å². The maximum absolute atomic E-state index is 11.7. The van der Waals surface area contributed by atoms with Crippen LogP contribution in [0.4, 0.5) is 5.69 Å². The number of amides is 1. The molecule has 1 N–H and O–H groups in total. The lowest BCUT2D eigenvalue weighted by molar-refractivity contribution is -0.117. The number of aromatic nitrogens is 1. The summed E-state index contributed by atoms with van der Waals surface area (Å²) in [5, 5.41) is 2.95. The summed E-state index contributed by atoms with van der Waals surface area (Å²) in [4.78, 5) is 16.0. The SMILES string of the molecule is O=C(Nc1cccc(-c2ccccn2)c1)C1CC1. The van der Waals surface area contributed by atoms with E-state index in [9.17, 15) is 4.79 Å². The molecular formula is C15H14N2O. The Labute approximate surface area is 106 Å². The molecule has 0 unspecified atom stereocenters. The predicted molar refractivity (Wildman–Crippen MR) is 71.0 cm³/mol. The molecule has 0 bridgehead atoms. The molecule has 90 valence electrons. The Morgan fingerprint density at radius 1 is 1.17 bits per heavy atom. The van der Waals surface area contributed by atoms with Crippen LogP contribution in [0.5, 0.6) is 0 Å². The van der Waals surface area contributed by atoms with Gasteiger partial charge in [-0.1, -0.05) is 18.2 Å². The second-order valence-corrected chi connectivity index (χ2v) is 4.56. The second kappa shape index (κ2) is 4.61. The Balaban J connectivity index is 1.82. The van der Waals surface area contributed by atoms with E-state index < -0.39 is 0 Å².